The van der Waals surface area contributed by atoms with Gasteiger partial charge in [-0.05, 0) is 43.5 Å². The lowest BCUT2D eigenvalue weighted by molar-refractivity contribution is -0.138. The summed E-state index contributed by atoms with van der Waals surface area (Å²) in [6.45, 7) is 2.43. The second-order valence-corrected chi connectivity index (χ2v) is 9.80. The van der Waals surface area contributed by atoms with Crippen LogP contribution in [0.15, 0.2) is 48.8 Å². The quantitative estimate of drug-likeness (QED) is 0.283. The number of anilines is 1. The molecule has 14 heteroatoms. The molecule has 1 aliphatic heterocycles. The van der Waals surface area contributed by atoms with E-state index in [4.69, 9.17) is 15.6 Å². The summed E-state index contributed by atoms with van der Waals surface area (Å²) in [6, 6.07) is 10.1. The summed E-state index contributed by atoms with van der Waals surface area (Å²) in [6.07, 6.45) is -2.92. The van der Waals surface area contributed by atoms with Crippen LogP contribution in [0.1, 0.15) is 47.3 Å². The fraction of sp³-hybridized carbons (Fsp3) is 0.321. The summed E-state index contributed by atoms with van der Waals surface area (Å²) in [4.78, 5) is 34.1. The molecule has 0 saturated carbocycles. The highest BCUT2D eigenvalue weighted by Gasteiger charge is 2.35. The third-order valence-corrected chi connectivity index (χ3v) is 7.06. The number of ether oxygens (including phenoxy) is 1. The summed E-state index contributed by atoms with van der Waals surface area (Å²) in [7, 11) is 0. The van der Waals surface area contributed by atoms with Crippen LogP contribution >= 0.6 is 0 Å². The fourth-order valence-corrected chi connectivity index (χ4v) is 5.02. The lowest BCUT2D eigenvalue weighted by atomic mass is 10.1. The SMILES string of the molecule is CCOc1ccc(C(=O)NCc2ccc(-c3nn([C@@H]4CCCN(C(=O)O)C4)c4ncnc(N)c34)cc2)cc1C(F)(F)F. The molecule has 4 N–H and O–H groups in total. The number of hydrogen-bond donors (Lipinski definition) is 3. The number of aromatic nitrogens is 4. The van der Waals surface area contributed by atoms with E-state index in [1.165, 1.54) is 17.3 Å². The summed E-state index contributed by atoms with van der Waals surface area (Å²) < 4.78 is 47.2. The minimum Gasteiger partial charge on any atom is -0.493 e. The van der Waals surface area contributed by atoms with Crippen LogP contribution in [-0.4, -0.2) is 61.5 Å². The molecule has 1 atom stereocenters. The molecule has 1 aliphatic rings. The van der Waals surface area contributed by atoms with E-state index in [1.54, 1.807) is 35.9 Å². The second-order valence-electron chi connectivity index (χ2n) is 9.80. The van der Waals surface area contributed by atoms with E-state index in [2.05, 4.69) is 15.3 Å². The molecule has 4 aromatic rings. The van der Waals surface area contributed by atoms with Crippen LogP contribution < -0.4 is 15.8 Å². The minimum atomic E-state index is -4.67. The highest BCUT2D eigenvalue weighted by atomic mass is 19.4. The van der Waals surface area contributed by atoms with Gasteiger partial charge in [0.2, 0.25) is 0 Å². The van der Waals surface area contributed by atoms with Crippen LogP contribution in [0.25, 0.3) is 22.3 Å². The van der Waals surface area contributed by atoms with E-state index in [0.29, 0.717) is 40.8 Å². The standard InChI is InChI=1S/C28H28F3N7O4/c1-2-42-21-10-9-18(12-20(21)28(29,30)31)26(39)33-13-16-5-7-17(8-6-16)23-22-24(32)34-15-35-25(22)38(36-23)19-4-3-11-37(14-19)27(40)41/h5-10,12,15,19H,2-4,11,13-14H2,1H3,(H,33,39)(H,40,41)(H2,32,34,35)/t19-/m1/s1. The van der Waals surface area contributed by atoms with E-state index in [0.717, 1.165) is 18.6 Å². The topological polar surface area (TPSA) is 148 Å². The smallest absolute Gasteiger partial charge is 0.419 e. The third kappa shape index (κ3) is 5.78. The molecule has 0 unspecified atom stereocenters. The van der Waals surface area contributed by atoms with Crippen molar-refractivity contribution < 1.29 is 32.6 Å². The highest BCUT2D eigenvalue weighted by molar-refractivity contribution is 5.98. The molecule has 2 aromatic carbocycles. The highest BCUT2D eigenvalue weighted by Crippen LogP contribution is 2.37. The number of halogens is 3. The maximum absolute atomic E-state index is 13.5. The molecule has 3 heterocycles. The van der Waals surface area contributed by atoms with E-state index in [1.807, 2.05) is 0 Å². The van der Waals surface area contributed by atoms with Crippen LogP contribution in [0.3, 0.4) is 0 Å². The minimum absolute atomic E-state index is 0.0597. The average molecular weight is 584 g/mol. The Morgan fingerprint density at radius 2 is 1.93 bits per heavy atom. The van der Waals surface area contributed by atoms with Gasteiger partial charge in [-0.1, -0.05) is 24.3 Å². The maximum atomic E-state index is 13.5. The van der Waals surface area contributed by atoms with Crippen molar-refractivity contribution in [3.8, 4) is 17.0 Å². The number of nitrogens with zero attached hydrogens (tertiary/aromatic N) is 5. The number of carboxylic acid groups (broad SMARTS) is 1. The van der Waals surface area contributed by atoms with Gasteiger partial charge in [0.15, 0.2) is 5.65 Å². The molecule has 5 rings (SSSR count). The van der Waals surface area contributed by atoms with Crippen LogP contribution in [0.2, 0.25) is 0 Å². The number of amides is 2. The molecular weight excluding hydrogens is 555 g/mol. The summed E-state index contributed by atoms with van der Waals surface area (Å²) in [5.41, 5.74) is 7.48. The Bertz CT molecular complexity index is 1620. The number of fused-ring (bicyclic) bond motifs is 1. The zero-order valence-electron chi connectivity index (χ0n) is 22.6. The number of piperidine rings is 1. The lowest BCUT2D eigenvalue weighted by Gasteiger charge is -2.30. The van der Waals surface area contributed by atoms with Crippen molar-refractivity contribution in [2.24, 2.45) is 0 Å². The molecule has 2 aromatic heterocycles. The van der Waals surface area contributed by atoms with Gasteiger partial charge >= 0.3 is 12.3 Å². The number of alkyl halides is 3. The first kappa shape index (κ1) is 28.6. The van der Waals surface area contributed by atoms with E-state index in [-0.39, 0.29) is 42.9 Å². The van der Waals surface area contributed by atoms with Crippen molar-refractivity contribution in [2.75, 3.05) is 25.4 Å². The third-order valence-electron chi connectivity index (χ3n) is 7.06. The summed E-state index contributed by atoms with van der Waals surface area (Å²) in [5, 5.41) is 17.4. The molecule has 0 aliphatic carbocycles. The number of nitrogen functional groups attached to an aromatic ring is 1. The van der Waals surface area contributed by atoms with Crippen molar-refractivity contribution in [1.29, 1.82) is 0 Å². The first-order valence-electron chi connectivity index (χ1n) is 13.2. The van der Waals surface area contributed by atoms with Gasteiger partial charge < -0.3 is 25.8 Å². The van der Waals surface area contributed by atoms with E-state index in [9.17, 15) is 27.9 Å². The number of nitrogens with two attached hydrogens (primary N) is 1. The van der Waals surface area contributed by atoms with Crippen molar-refractivity contribution in [3.63, 3.8) is 0 Å². The van der Waals surface area contributed by atoms with Gasteiger partial charge in [0.05, 0.1) is 23.6 Å². The molecule has 0 radical (unpaired) electrons. The first-order valence-corrected chi connectivity index (χ1v) is 13.2. The number of carbonyl (C=O) groups excluding carboxylic acids is 1. The Balaban J connectivity index is 1.35. The Morgan fingerprint density at radius 1 is 1.17 bits per heavy atom. The number of nitrogens with one attached hydrogen (secondary N) is 1. The molecule has 2 amide bonds. The van der Waals surface area contributed by atoms with E-state index >= 15 is 0 Å². The van der Waals surface area contributed by atoms with Gasteiger partial charge in [-0.15, -0.1) is 0 Å². The predicted molar refractivity (Wildman–Crippen MR) is 147 cm³/mol. The van der Waals surface area contributed by atoms with Gasteiger partial charge in [0, 0.05) is 30.8 Å². The molecule has 1 saturated heterocycles. The Labute approximate surface area is 238 Å². The Morgan fingerprint density at radius 3 is 2.62 bits per heavy atom. The van der Waals surface area contributed by atoms with Crippen molar-refractivity contribution in [1.82, 2.24) is 30.0 Å². The van der Waals surface area contributed by atoms with Crippen molar-refractivity contribution in [3.05, 3.63) is 65.5 Å². The predicted octanol–water partition coefficient (Wildman–Crippen LogP) is 4.74. The van der Waals surface area contributed by atoms with Crippen LogP contribution in [0.5, 0.6) is 5.75 Å². The van der Waals surface area contributed by atoms with Gasteiger partial charge in [-0.25, -0.2) is 19.4 Å². The van der Waals surface area contributed by atoms with Crippen LogP contribution in [-0.2, 0) is 12.7 Å². The van der Waals surface area contributed by atoms with Crippen LogP contribution in [0, 0.1) is 0 Å². The molecule has 42 heavy (non-hydrogen) atoms. The Kier molecular flexibility index (Phi) is 7.87. The number of rotatable bonds is 7. The normalized spacial score (nSPS) is 15.5. The zero-order valence-corrected chi connectivity index (χ0v) is 22.6. The van der Waals surface area contributed by atoms with Crippen molar-refractivity contribution >= 4 is 28.9 Å². The van der Waals surface area contributed by atoms with Crippen molar-refractivity contribution in [2.45, 2.75) is 38.5 Å². The van der Waals surface area contributed by atoms with Gasteiger partial charge in [-0.2, -0.15) is 18.3 Å². The van der Waals surface area contributed by atoms with Gasteiger partial charge in [0.25, 0.3) is 5.91 Å². The summed E-state index contributed by atoms with van der Waals surface area (Å²) in [5.74, 6) is -0.761. The molecular formula is C28H28F3N7O4. The van der Waals surface area contributed by atoms with Crippen LogP contribution in [0.4, 0.5) is 23.8 Å². The molecule has 220 valence electrons. The monoisotopic (exact) mass is 583 g/mol. The number of likely N-dealkylation sites (tertiary alicyclic amines) is 1. The average Bonchev–Trinajstić information content (AvgIpc) is 3.37. The maximum Gasteiger partial charge on any atom is 0.419 e. The lowest BCUT2D eigenvalue weighted by Crippen LogP contribution is -2.40. The molecule has 0 bridgehead atoms. The number of carbonyl (C=O) groups is 2. The summed E-state index contributed by atoms with van der Waals surface area (Å²) >= 11 is 0. The Hall–Kier alpha value is -4.88. The number of benzene rings is 2. The van der Waals surface area contributed by atoms with E-state index < -0.39 is 23.7 Å². The van der Waals surface area contributed by atoms with Gasteiger partial charge in [0.1, 0.15) is 23.6 Å². The fourth-order valence-electron chi connectivity index (χ4n) is 5.02. The molecule has 0 spiro atoms. The van der Waals surface area contributed by atoms with Gasteiger partial charge in [-0.3, -0.25) is 4.79 Å². The molecule has 1 fully saturated rings. The zero-order chi connectivity index (χ0) is 30.0. The second kappa shape index (κ2) is 11.5. The first-order chi connectivity index (χ1) is 20.1. The largest absolute Gasteiger partial charge is 0.493 e. The molecule has 11 nitrogen and oxygen atoms in total. The number of hydrogen-bond acceptors (Lipinski definition) is 7.